The standard InChI is InChI=1S/C13H16O2S/c1-2-16(14,15)13-9-5-8-12(10-13)11-6-3-4-7-11/h2,5,8-11H,1,3-4,6-7H2. The highest BCUT2D eigenvalue weighted by molar-refractivity contribution is 7.94. The summed E-state index contributed by atoms with van der Waals surface area (Å²) in [6, 6.07) is 7.28. The largest absolute Gasteiger partial charge is 0.219 e. The molecule has 0 amide bonds. The lowest BCUT2D eigenvalue weighted by molar-refractivity contribution is 0.604. The molecule has 0 heterocycles. The monoisotopic (exact) mass is 236 g/mol. The van der Waals surface area contributed by atoms with E-state index in [-0.39, 0.29) is 0 Å². The molecule has 0 bridgehead atoms. The lowest BCUT2D eigenvalue weighted by Gasteiger charge is -2.10. The van der Waals surface area contributed by atoms with E-state index in [0.29, 0.717) is 10.8 Å². The van der Waals surface area contributed by atoms with Gasteiger partial charge in [-0.1, -0.05) is 31.6 Å². The fraction of sp³-hybridized carbons (Fsp3) is 0.385. The van der Waals surface area contributed by atoms with Crippen molar-refractivity contribution in [3.8, 4) is 0 Å². The van der Waals surface area contributed by atoms with Crippen molar-refractivity contribution in [3.05, 3.63) is 41.8 Å². The Morgan fingerprint density at radius 2 is 1.94 bits per heavy atom. The van der Waals surface area contributed by atoms with Crippen LogP contribution in [-0.2, 0) is 9.84 Å². The molecule has 0 aliphatic heterocycles. The van der Waals surface area contributed by atoms with Gasteiger partial charge in [0.15, 0.2) is 9.84 Å². The van der Waals surface area contributed by atoms with Gasteiger partial charge in [-0.3, -0.25) is 0 Å². The van der Waals surface area contributed by atoms with Gasteiger partial charge in [0.1, 0.15) is 0 Å². The predicted molar refractivity (Wildman–Crippen MR) is 65.0 cm³/mol. The van der Waals surface area contributed by atoms with E-state index in [2.05, 4.69) is 6.58 Å². The van der Waals surface area contributed by atoms with Crippen molar-refractivity contribution in [2.75, 3.05) is 0 Å². The fourth-order valence-electron chi connectivity index (χ4n) is 2.30. The molecule has 1 fully saturated rings. The van der Waals surface area contributed by atoms with Crippen molar-refractivity contribution in [1.82, 2.24) is 0 Å². The minimum absolute atomic E-state index is 0.368. The summed E-state index contributed by atoms with van der Waals surface area (Å²) in [6.07, 6.45) is 4.86. The quantitative estimate of drug-likeness (QED) is 0.807. The van der Waals surface area contributed by atoms with Gasteiger partial charge < -0.3 is 0 Å². The van der Waals surface area contributed by atoms with Gasteiger partial charge in [0.2, 0.25) is 0 Å². The second kappa shape index (κ2) is 4.42. The molecule has 0 N–H and O–H groups in total. The van der Waals surface area contributed by atoms with Crippen LogP contribution >= 0.6 is 0 Å². The van der Waals surface area contributed by atoms with Crippen molar-refractivity contribution in [2.45, 2.75) is 36.5 Å². The summed E-state index contributed by atoms with van der Waals surface area (Å²) in [6.45, 7) is 3.35. The maximum atomic E-state index is 11.6. The molecule has 3 heteroatoms. The van der Waals surface area contributed by atoms with Gasteiger partial charge in [-0.25, -0.2) is 8.42 Å². The van der Waals surface area contributed by atoms with Crippen LogP contribution in [0, 0.1) is 0 Å². The Kier molecular flexibility index (Phi) is 3.15. The van der Waals surface area contributed by atoms with Crippen LogP contribution in [0.4, 0.5) is 0 Å². The second-order valence-electron chi connectivity index (χ2n) is 4.27. The highest BCUT2D eigenvalue weighted by atomic mass is 32.2. The third-order valence-corrected chi connectivity index (χ3v) is 4.58. The fourth-order valence-corrected chi connectivity index (χ4v) is 3.06. The number of rotatable bonds is 3. The highest BCUT2D eigenvalue weighted by Crippen LogP contribution is 2.34. The van der Waals surface area contributed by atoms with E-state index in [9.17, 15) is 8.42 Å². The zero-order valence-electron chi connectivity index (χ0n) is 9.22. The lowest BCUT2D eigenvalue weighted by Crippen LogP contribution is -1.98. The van der Waals surface area contributed by atoms with Crippen LogP contribution in [0.5, 0.6) is 0 Å². The van der Waals surface area contributed by atoms with Crippen LogP contribution in [-0.4, -0.2) is 8.42 Å². The molecule has 86 valence electrons. The van der Waals surface area contributed by atoms with Crippen LogP contribution in [0.1, 0.15) is 37.2 Å². The van der Waals surface area contributed by atoms with E-state index in [0.717, 1.165) is 11.0 Å². The smallest absolute Gasteiger partial charge is 0.199 e. The summed E-state index contributed by atoms with van der Waals surface area (Å²) < 4.78 is 23.3. The van der Waals surface area contributed by atoms with Gasteiger partial charge in [0.05, 0.1) is 4.90 Å². The Bertz CT molecular complexity index is 482. The summed E-state index contributed by atoms with van der Waals surface area (Å²) >= 11 is 0. The molecule has 1 aliphatic rings. The van der Waals surface area contributed by atoms with Crippen LogP contribution in [0.25, 0.3) is 0 Å². The molecule has 16 heavy (non-hydrogen) atoms. The van der Waals surface area contributed by atoms with E-state index in [1.165, 1.54) is 25.7 Å². The molecular weight excluding hydrogens is 220 g/mol. The molecule has 1 aromatic carbocycles. The van der Waals surface area contributed by atoms with Crippen LogP contribution < -0.4 is 0 Å². The molecule has 1 aromatic rings. The molecule has 0 radical (unpaired) electrons. The molecule has 1 aliphatic carbocycles. The second-order valence-corrected chi connectivity index (χ2v) is 6.16. The van der Waals surface area contributed by atoms with Gasteiger partial charge in [-0.2, -0.15) is 0 Å². The summed E-state index contributed by atoms with van der Waals surface area (Å²) in [5.41, 5.74) is 1.15. The summed E-state index contributed by atoms with van der Waals surface area (Å²) in [5.74, 6) is 0.542. The summed E-state index contributed by atoms with van der Waals surface area (Å²) in [5, 5.41) is 1.01. The van der Waals surface area contributed by atoms with E-state index in [1.807, 2.05) is 12.1 Å². The van der Waals surface area contributed by atoms with Crippen LogP contribution in [0.3, 0.4) is 0 Å². The molecule has 0 saturated heterocycles. The SMILES string of the molecule is C=CS(=O)(=O)c1cccc(C2CCCC2)c1. The first-order valence-electron chi connectivity index (χ1n) is 5.61. The van der Waals surface area contributed by atoms with Crippen molar-refractivity contribution >= 4 is 9.84 Å². The first kappa shape index (κ1) is 11.4. The van der Waals surface area contributed by atoms with E-state index in [4.69, 9.17) is 0 Å². The van der Waals surface area contributed by atoms with Crippen molar-refractivity contribution in [3.63, 3.8) is 0 Å². The Morgan fingerprint density at radius 3 is 2.56 bits per heavy atom. The maximum absolute atomic E-state index is 11.6. The molecular formula is C13H16O2S. The number of benzene rings is 1. The molecule has 2 rings (SSSR count). The van der Waals surface area contributed by atoms with E-state index >= 15 is 0 Å². The zero-order chi connectivity index (χ0) is 11.6. The van der Waals surface area contributed by atoms with Gasteiger partial charge in [-0.05, 0) is 36.5 Å². The first-order chi connectivity index (χ1) is 7.63. The highest BCUT2D eigenvalue weighted by Gasteiger charge is 2.18. The summed E-state index contributed by atoms with van der Waals surface area (Å²) in [4.78, 5) is 0.368. The average molecular weight is 236 g/mol. The first-order valence-corrected chi connectivity index (χ1v) is 7.15. The number of sulfone groups is 1. The predicted octanol–water partition coefficient (Wildman–Crippen LogP) is 3.26. The minimum Gasteiger partial charge on any atom is -0.219 e. The molecule has 0 spiro atoms. The molecule has 0 atom stereocenters. The Morgan fingerprint density at radius 1 is 1.25 bits per heavy atom. The van der Waals surface area contributed by atoms with Crippen LogP contribution in [0.2, 0.25) is 0 Å². The van der Waals surface area contributed by atoms with Crippen molar-refractivity contribution in [2.24, 2.45) is 0 Å². The van der Waals surface area contributed by atoms with Gasteiger partial charge >= 0.3 is 0 Å². The third kappa shape index (κ3) is 2.19. The van der Waals surface area contributed by atoms with Gasteiger partial charge in [-0.15, -0.1) is 0 Å². The average Bonchev–Trinajstić information content (AvgIpc) is 2.83. The van der Waals surface area contributed by atoms with Crippen molar-refractivity contribution < 1.29 is 8.42 Å². The third-order valence-electron chi connectivity index (χ3n) is 3.23. The zero-order valence-corrected chi connectivity index (χ0v) is 10.0. The Labute approximate surface area is 96.9 Å². The topological polar surface area (TPSA) is 34.1 Å². The van der Waals surface area contributed by atoms with Gasteiger partial charge in [0.25, 0.3) is 0 Å². The number of hydrogen-bond acceptors (Lipinski definition) is 2. The molecule has 1 saturated carbocycles. The molecule has 2 nitrogen and oxygen atoms in total. The normalized spacial score (nSPS) is 17.5. The minimum atomic E-state index is -3.29. The Balaban J connectivity index is 2.36. The molecule has 0 aromatic heterocycles. The maximum Gasteiger partial charge on any atom is 0.199 e. The van der Waals surface area contributed by atoms with Crippen molar-refractivity contribution in [1.29, 1.82) is 0 Å². The van der Waals surface area contributed by atoms with Gasteiger partial charge in [0, 0.05) is 5.41 Å². The number of hydrogen-bond donors (Lipinski definition) is 0. The van der Waals surface area contributed by atoms with Crippen LogP contribution in [0.15, 0.2) is 41.1 Å². The lowest BCUT2D eigenvalue weighted by atomic mass is 9.98. The summed E-state index contributed by atoms with van der Waals surface area (Å²) in [7, 11) is -3.29. The Hall–Kier alpha value is -1.09. The van der Waals surface area contributed by atoms with E-state index in [1.54, 1.807) is 12.1 Å². The van der Waals surface area contributed by atoms with E-state index < -0.39 is 9.84 Å². The molecule has 0 unspecified atom stereocenters.